The maximum absolute atomic E-state index is 12.0. The van der Waals surface area contributed by atoms with Crippen molar-refractivity contribution in [2.45, 2.75) is 6.18 Å². The van der Waals surface area contributed by atoms with E-state index in [9.17, 15) is 13.2 Å². The van der Waals surface area contributed by atoms with Gasteiger partial charge in [-0.3, -0.25) is 0 Å². The standard InChI is InChI=1S/C7H4BF3O.2H2O/c8-5-1-4(7(9,10)11)2-6(12)3-5;;/h1-3,12H;2*1H2/q+2;;/p-2. The molecule has 14 heavy (non-hydrogen) atoms. The predicted octanol–water partition coefficient (Wildman–Crippen LogP) is 0.851. The van der Waals surface area contributed by atoms with Gasteiger partial charge in [0.25, 0.3) is 0 Å². The average molecular weight is 206 g/mol. The average Bonchev–Trinajstić information content (AvgIpc) is 1.82. The van der Waals surface area contributed by atoms with Crippen molar-refractivity contribution in [1.29, 1.82) is 0 Å². The van der Waals surface area contributed by atoms with E-state index in [1.165, 1.54) is 0 Å². The van der Waals surface area contributed by atoms with E-state index < -0.39 is 17.5 Å². The first-order valence-corrected chi connectivity index (χ1v) is 3.06. The van der Waals surface area contributed by atoms with Crippen molar-refractivity contribution >= 4 is 13.3 Å². The SMILES string of the molecule is [B+2]c1cc(O)cc(C(F)(F)F)c1.[OH-].[OH-]. The molecule has 1 rings (SSSR count). The number of phenols is 1. The fraction of sp³-hybridized carbons (Fsp3) is 0.143. The van der Waals surface area contributed by atoms with Crippen molar-refractivity contribution in [3.05, 3.63) is 23.8 Å². The Morgan fingerprint density at radius 3 is 1.93 bits per heavy atom. The topological polar surface area (TPSA) is 80.2 Å². The Bertz CT molecular complexity index is 280. The molecule has 0 aliphatic heterocycles. The Kier molecular flexibility index (Phi) is 5.32. The van der Waals surface area contributed by atoms with E-state index >= 15 is 0 Å². The zero-order valence-corrected chi connectivity index (χ0v) is 6.78. The van der Waals surface area contributed by atoms with Gasteiger partial charge in [-0.1, -0.05) is 0 Å². The van der Waals surface area contributed by atoms with Crippen molar-refractivity contribution in [3.63, 3.8) is 0 Å². The molecule has 0 unspecified atom stereocenters. The fourth-order valence-corrected chi connectivity index (χ4v) is 0.798. The van der Waals surface area contributed by atoms with Crippen LogP contribution in [0.4, 0.5) is 13.2 Å². The van der Waals surface area contributed by atoms with E-state index in [0.717, 1.165) is 12.1 Å². The fourth-order valence-electron chi connectivity index (χ4n) is 0.798. The van der Waals surface area contributed by atoms with Crippen molar-refractivity contribution in [3.8, 4) is 5.75 Å². The third kappa shape index (κ3) is 3.67. The Morgan fingerprint density at radius 1 is 1.07 bits per heavy atom. The Labute approximate surface area is 79.2 Å². The van der Waals surface area contributed by atoms with Crippen molar-refractivity contribution < 1.29 is 29.2 Å². The molecule has 1 aromatic rings. The number of benzene rings is 1. The summed E-state index contributed by atoms with van der Waals surface area (Å²) in [7, 11) is 5.10. The Balaban J connectivity index is 0. The van der Waals surface area contributed by atoms with Crippen LogP contribution < -0.4 is 5.46 Å². The predicted molar refractivity (Wildman–Crippen MR) is 42.4 cm³/mol. The van der Waals surface area contributed by atoms with Crippen LogP contribution >= 0.6 is 0 Å². The minimum Gasteiger partial charge on any atom is -0.870 e. The summed E-state index contributed by atoms with van der Waals surface area (Å²) in [6.07, 6.45) is -4.47. The second kappa shape index (κ2) is 4.87. The van der Waals surface area contributed by atoms with Gasteiger partial charge < -0.3 is 11.0 Å². The first kappa shape index (κ1) is 15.3. The Morgan fingerprint density at radius 2 is 1.57 bits per heavy atom. The minimum atomic E-state index is -4.47. The summed E-state index contributed by atoms with van der Waals surface area (Å²) in [5.74, 6) is -0.484. The first-order valence-electron chi connectivity index (χ1n) is 3.06. The zero-order valence-electron chi connectivity index (χ0n) is 6.78. The number of rotatable bonds is 0. The van der Waals surface area contributed by atoms with Crippen LogP contribution in [-0.2, 0) is 6.18 Å². The molecular formula is C7H6BF3O3. The maximum Gasteiger partial charge on any atom is -0.870 e. The van der Waals surface area contributed by atoms with E-state index in [0.29, 0.717) is 6.07 Å². The van der Waals surface area contributed by atoms with E-state index in [1.54, 1.807) is 0 Å². The summed E-state index contributed by atoms with van der Waals surface area (Å²) in [6, 6.07) is 2.44. The number of alkyl halides is 3. The van der Waals surface area contributed by atoms with Crippen LogP contribution in [0.3, 0.4) is 0 Å². The third-order valence-corrected chi connectivity index (χ3v) is 1.27. The molecule has 0 aliphatic rings. The van der Waals surface area contributed by atoms with Crippen LogP contribution in [0.2, 0.25) is 0 Å². The van der Waals surface area contributed by atoms with Gasteiger partial charge in [0.2, 0.25) is 0 Å². The normalized spacial score (nSPS) is 10.1. The Hall–Kier alpha value is -1.21. The molecule has 3 nitrogen and oxygen atoms in total. The van der Waals surface area contributed by atoms with Gasteiger partial charge in [-0.2, -0.15) is 0 Å². The molecule has 0 aromatic heterocycles. The van der Waals surface area contributed by atoms with Gasteiger partial charge in [0.05, 0.1) is 0 Å². The molecule has 0 radical (unpaired) electrons. The van der Waals surface area contributed by atoms with Crippen LogP contribution in [-0.4, -0.2) is 23.9 Å². The first-order chi connectivity index (χ1) is 5.39. The molecule has 0 aliphatic carbocycles. The summed E-state index contributed by atoms with van der Waals surface area (Å²) < 4.78 is 35.9. The summed E-state index contributed by atoms with van der Waals surface area (Å²) in [4.78, 5) is 0. The van der Waals surface area contributed by atoms with Crippen LogP contribution in [0.5, 0.6) is 5.75 Å². The van der Waals surface area contributed by atoms with E-state index in [2.05, 4.69) is 0 Å². The van der Waals surface area contributed by atoms with E-state index in [-0.39, 0.29) is 16.4 Å². The molecule has 3 N–H and O–H groups in total. The van der Waals surface area contributed by atoms with Gasteiger partial charge in [-0.15, -0.1) is 0 Å². The number of hydrogen-bond acceptors (Lipinski definition) is 3. The summed E-state index contributed by atoms with van der Waals surface area (Å²) in [5, 5.41) is 8.78. The maximum atomic E-state index is 12.0. The van der Waals surface area contributed by atoms with Gasteiger partial charge in [0.1, 0.15) is 0 Å². The molecule has 0 bridgehead atoms. The zero-order chi connectivity index (χ0) is 9.35. The van der Waals surface area contributed by atoms with Crippen LogP contribution in [0.25, 0.3) is 0 Å². The molecule has 0 spiro atoms. The summed E-state index contributed by atoms with van der Waals surface area (Å²) in [5.41, 5.74) is -1.05. The number of phenolic OH excluding ortho intramolecular Hbond substituents is 1. The number of aromatic hydroxyl groups is 1. The molecule has 76 valence electrons. The summed E-state index contributed by atoms with van der Waals surface area (Å²) >= 11 is 0. The van der Waals surface area contributed by atoms with Gasteiger partial charge in [-0.25, -0.2) is 0 Å². The molecular weight excluding hydrogens is 200 g/mol. The molecule has 7 heteroatoms. The largest absolute Gasteiger partial charge is 0.870 e. The minimum absolute atomic E-state index is 0. The molecule has 0 saturated carbocycles. The van der Waals surface area contributed by atoms with Gasteiger partial charge in [-0.05, 0) is 0 Å². The molecule has 0 fully saturated rings. The molecule has 0 atom stereocenters. The summed E-state index contributed by atoms with van der Waals surface area (Å²) in [6.45, 7) is 0. The second-order valence-electron chi connectivity index (χ2n) is 2.31. The van der Waals surface area contributed by atoms with Crippen LogP contribution in [0, 0.1) is 0 Å². The van der Waals surface area contributed by atoms with Gasteiger partial charge in [0, 0.05) is 0 Å². The second-order valence-corrected chi connectivity index (χ2v) is 2.31. The van der Waals surface area contributed by atoms with Crippen molar-refractivity contribution in [2.75, 3.05) is 0 Å². The molecule has 0 amide bonds. The van der Waals surface area contributed by atoms with E-state index in [1.807, 2.05) is 0 Å². The number of halogens is 3. The smallest absolute Gasteiger partial charge is 0.870 e. The molecule has 0 heterocycles. The van der Waals surface area contributed by atoms with E-state index in [4.69, 9.17) is 13.0 Å². The van der Waals surface area contributed by atoms with Gasteiger partial charge in [0.15, 0.2) is 0 Å². The van der Waals surface area contributed by atoms with Crippen LogP contribution in [0.15, 0.2) is 18.2 Å². The van der Waals surface area contributed by atoms with Gasteiger partial charge >= 0.3 is 67.3 Å². The van der Waals surface area contributed by atoms with Crippen molar-refractivity contribution in [2.24, 2.45) is 0 Å². The number of hydrogen-bond donors (Lipinski definition) is 1. The molecule has 0 saturated heterocycles. The monoisotopic (exact) mass is 206 g/mol. The quantitative estimate of drug-likeness (QED) is 0.638. The van der Waals surface area contributed by atoms with Crippen LogP contribution in [0.1, 0.15) is 5.56 Å². The third-order valence-electron chi connectivity index (χ3n) is 1.27. The van der Waals surface area contributed by atoms with Crippen molar-refractivity contribution in [1.82, 2.24) is 0 Å². The molecule has 1 aromatic carbocycles.